The van der Waals surface area contributed by atoms with Crippen LogP contribution >= 0.6 is 58.0 Å². The predicted molar refractivity (Wildman–Crippen MR) is 41.9 cm³/mol. The molecule has 0 saturated heterocycles. The van der Waals surface area contributed by atoms with Crippen molar-refractivity contribution < 1.29 is 17.9 Å². The number of hydrogen-bond donors (Lipinski definition) is 0. The molecule has 0 unspecified atom stereocenters. The number of rotatable bonds is 2. The van der Waals surface area contributed by atoms with Crippen LogP contribution in [-0.2, 0) is 4.74 Å². The van der Waals surface area contributed by atoms with Crippen LogP contribution in [-0.4, -0.2) is 14.7 Å². The molecule has 0 fully saturated rings. The van der Waals surface area contributed by atoms with Gasteiger partial charge in [0, 0.05) is 0 Å². The summed E-state index contributed by atoms with van der Waals surface area (Å²) in [5, 5.41) is 0. The molecular formula is C3Cl5F3O. The maximum absolute atomic E-state index is 12.3. The fraction of sp³-hybridized carbons (Fsp3) is 1.00. The van der Waals surface area contributed by atoms with Gasteiger partial charge in [-0.1, -0.05) is 58.0 Å². The molecular weight excluding hydrogens is 286 g/mol. The molecule has 12 heavy (non-hydrogen) atoms. The minimum absolute atomic E-state index is 2.80. The third-order valence-electron chi connectivity index (χ3n) is 0.574. The Balaban J connectivity index is 4.44. The monoisotopic (exact) mass is 284 g/mol. The van der Waals surface area contributed by atoms with Crippen LogP contribution in [0.3, 0.4) is 0 Å². The van der Waals surface area contributed by atoms with Gasteiger partial charge in [0.2, 0.25) is 0 Å². The predicted octanol–water partition coefficient (Wildman–Crippen LogP) is 4.02. The minimum Gasteiger partial charge on any atom is -0.265 e. The zero-order valence-electron chi connectivity index (χ0n) is 4.93. The first-order valence-electron chi connectivity index (χ1n) is 2.17. The van der Waals surface area contributed by atoms with E-state index in [-0.39, 0.29) is 0 Å². The Kier molecular flexibility index (Phi) is 4.13. The first kappa shape index (κ1) is 13.2. The van der Waals surface area contributed by atoms with E-state index in [4.69, 9.17) is 34.8 Å². The summed E-state index contributed by atoms with van der Waals surface area (Å²) in [6, 6.07) is 0. The molecule has 74 valence electrons. The Morgan fingerprint density at radius 3 is 1.25 bits per heavy atom. The lowest BCUT2D eigenvalue weighted by Crippen LogP contribution is -2.40. The number of alkyl halides is 8. The van der Waals surface area contributed by atoms with Gasteiger partial charge in [0.15, 0.2) is 0 Å². The van der Waals surface area contributed by atoms with E-state index in [9.17, 15) is 13.2 Å². The van der Waals surface area contributed by atoms with Crippen LogP contribution in [0.1, 0.15) is 0 Å². The van der Waals surface area contributed by atoms with Crippen molar-refractivity contribution in [2.75, 3.05) is 0 Å². The van der Waals surface area contributed by atoms with Crippen LogP contribution in [0, 0.1) is 0 Å². The summed E-state index contributed by atoms with van der Waals surface area (Å²) >= 11 is 23.1. The van der Waals surface area contributed by atoms with Crippen LogP contribution < -0.4 is 0 Å². The summed E-state index contributed by atoms with van der Waals surface area (Å²) in [4.78, 5) is 0. The van der Waals surface area contributed by atoms with Gasteiger partial charge >= 0.3 is 14.7 Å². The van der Waals surface area contributed by atoms with E-state index >= 15 is 0 Å². The molecule has 9 heteroatoms. The number of halogens is 8. The average molecular weight is 286 g/mol. The highest BCUT2D eigenvalue weighted by molar-refractivity contribution is 6.66. The Hall–Kier alpha value is 1.20. The summed E-state index contributed by atoms with van der Waals surface area (Å²) < 4.78 is 33.4. The number of ether oxygens (including phenoxy) is 1. The Morgan fingerprint density at radius 2 is 1.17 bits per heavy atom. The second kappa shape index (κ2) is 3.75. The second-order valence-corrected chi connectivity index (χ2v) is 4.97. The van der Waals surface area contributed by atoms with Crippen molar-refractivity contribution in [1.82, 2.24) is 0 Å². The van der Waals surface area contributed by atoms with Crippen molar-refractivity contribution in [3.8, 4) is 0 Å². The van der Waals surface area contributed by atoms with E-state index in [0.717, 1.165) is 0 Å². The third kappa shape index (κ3) is 4.44. The maximum atomic E-state index is 12.3. The molecule has 0 heterocycles. The van der Waals surface area contributed by atoms with Gasteiger partial charge in [-0.25, -0.2) is 0 Å². The fourth-order valence-corrected chi connectivity index (χ4v) is 0.571. The SMILES string of the molecule is FC(Cl)(Cl)C(F)(F)OC(Cl)(Cl)Cl. The lowest BCUT2D eigenvalue weighted by atomic mass is 10.7. The molecule has 0 aliphatic rings. The molecule has 0 bridgehead atoms. The quantitative estimate of drug-likeness (QED) is 0.697. The lowest BCUT2D eigenvalue weighted by molar-refractivity contribution is -0.271. The first-order chi connectivity index (χ1) is 4.96. The van der Waals surface area contributed by atoms with Gasteiger partial charge in [0.05, 0.1) is 0 Å². The zero-order valence-corrected chi connectivity index (χ0v) is 8.71. The van der Waals surface area contributed by atoms with Crippen molar-refractivity contribution in [2.24, 2.45) is 0 Å². The smallest absolute Gasteiger partial charge is 0.265 e. The Morgan fingerprint density at radius 1 is 0.833 bits per heavy atom. The highest BCUT2D eigenvalue weighted by Gasteiger charge is 2.58. The summed E-state index contributed by atoms with van der Waals surface area (Å²) in [7, 11) is 0. The van der Waals surface area contributed by atoms with Crippen LogP contribution in [0.5, 0.6) is 0 Å². The molecule has 0 aromatic heterocycles. The van der Waals surface area contributed by atoms with Crippen LogP contribution in [0.15, 0.2) is 0 Å². The third-order valence-corrected chi connectivity index (χ3v) is 1.25. The molecule has 0 saturated carbocycles. The molecule has 0 aliphatic heterocycles. The van der Waals surface area contributed by atoms with E-state index in [2.05, 4.69) is 27.9 Å². The van der Waals surface area contributed by atoms with Crippen molar-refractivity contribution in [3.63, 3.8) is 0 Å². The molecule has 0 aliphatic carbocycles. The highest BCUT2D eigenvalue weighted by Crippen LogP contribution is 2.45. The van der Waals surface area contributed by atoms with Gasteiger partial charge in [-0.05, 0) is 0 Å². The van der Waals surface area contributed by atoms with E-state index in [1.165, 1.54) is 0 Å². The number of hydrogen-bond acceptors (Lipinski definition) is 1. The summed E-state index contributed by atoms with van der Waals surface area (Å²) in [6.07, 6.45) is -4.61. The van der Waals surface area contributed by atoms with Crippen molar-refractivity contribution in [1.29, 1.82) is 0 Å². The lowest BCUT2D eigenvalue weighted by Gasteiger charge is -2.25. The highest BCUT2D eigenvalue weighted by atomic mass is 35.6. The van der Waals surface area contributed by atoms with Crippen molar-refractivity contribution >= 4 is 58.0 Å². The first-order valence-corrected chi connectivity index (χ1v) is 4.06. The Labute approximate surface area is 90.6 Å². The fourth-order valence-electron chi connectivity index (χ4n) is 0.203. The largest absolute Gasteiger partial charge is 0.422 e. The molecule has 0 aromatic rings. The molecule has 0 aromatic carbocycles. The molecule has 0 radical (unpaired) electrons. The van der Waals surface area contributed by atoms with Gasteiger partial charge in [0.1, 0.15) is 0 Å². The zero-order chi connectivity index (χ0) is 10.2. The Bertz CT molecular complexity index is 160. The van der Waals surface area contributed by atoms with Crippen LogP contribution in [0.2, 0.25) is 0 Å². The average Bonchev–Trinajstić information content (AvgIpc) is 1.52. The van der Waals surface area contributed by atoms with E-state index < -0.39 is 14.7 Å². The topological polar surface area (TPSA) is 9.23 Å². The molecule has 1 nitrogen and oxygen atoms in total. The van der Waals surface area contributed by atoms with Crippen molar-refractivity contribution in [2.45, 2.75) is 14.7 Å². The van der Waals surface area contributed by atoms with Crippen LogP contribution in [0.4, 0.5) is 13.2 Å². The van der Waals surface area contributed by atoms with E-state index in [1.54, 1.807) is 0 Å². The normalized spacial score (nSPS) is 15.0. The van der Waals surface area contributed by atoms with Gasteiger partial charge in [-0.2, -0.15) is 13.2 Å². The van der Waals surface area contributed by atoms with Gasteiger partial charge in [0.25, 0.3) is 0 Å². The van der Waals surface area contributed by atoms with Gasteiger partial charge < -0.3 is 0 Å². The van der Waals surface area contributed by atoms with Crippen LogP contribution in [0.25, 0.3) is 0 Å². The standard InChI is InChI=1S/C3Cl5F3O/c4-1(5,9)2(10,11)12-3(6,7)8. The molecule has 0 spiro atoms. The van der Waals surface area contributed by atoms with E-state index in [0.29, 0.717) is 0 Å². The molecule has 0 atom stereocenters. The van der Waals surface area contributed by atoms with E-state index in [1.807, 2.05) is 0 Å². The minimum atomic E-state index is -4.61. The molecule has 0 rings (SSSR count). The van der Waals surface area contributed by atoms with Crippen molar-refractivity contribution in [3.05, 3.63) is 0 Å². The van der Waals surface area contributed by atoms with Gasteiger partial charge in [-0.15, -0.1) is 0 Å². The molecule has 0 N–H and O–H groups in total. The summed E-state index contributed by atoms with van der Waals surface area (Å²) in [5.74, 6) is 0. The second-order valence-electron chi connectivity index (χ2n) is 1.56. The maximum Gasteiger partial charge on any atom is 0.422 e. The summed E-state index contributed by atoms with van der Waals surface area (Å²) in [5.41, 5.74) is 0. The van der Waals surface area contributed by atoms with Gasteiger partial charge in [-0.3, -0.25) is 4.74 Å². The molecule has 0 amide bonds. The summed E-state index contributed by atoms with van der Waals surface area (Å²) in [6.45, 7) is 0.